The number of carbonyl (C=O) groups is 1. The molecule has 2 rings (SSSR count). The summed E-state index contributed by atoms with van der Waals surface area (Å²) in [7, 11) is 0. The number of carbonyl (C=O) groups excluding carboxylic acids is 1. The summed E-state index contributed by atoms with van der Waals surface area (Å²) < 4.78 is 13.5. The topological polar surface area (TPSA) is 83.8 Å². The van der Waals surface area contributed by atoms with Crippen LogP contribution in [0.15, 0.2) is 24.4 Å². The van der Waals surface area contributed by atoms with Crippen LogP contribution in [0.2, 0.25) is 5.02 Å². The Morgan fingerprint density at radius 3 is 2.89 bits per heavy atom. The molecule has 0 atom stereocenters. The van der Waals surface area contributed by atoms with Crippen LogP contribution >= 0.6 is 23.8 Å². The first-order valence-corrected chi connectivity index (χ1v) is 5.87. The quantitative estimate of drug-likeness (QED) is 0.758. The molecule has 0 bridgehead atoms. The molecular weight excluding hydrogens is 291 g/mol. The molecule has 19 heavy (non-hydrogen) atoms. The predicted molar refractivity (Wildman–Crippen MR) is 73.8 cm³/mol. The number of H-pyrrole nitrogens is 1. The van der Waals surface area contributed by atoms with Gasteiger partial charge in [0.05, 0.1) is 17.3 Å². The number of amides is 1. The van der Waals surface area contributed by atoms with Gasteiger partial charge in [0.15, 0.2) is 0 Å². The van der Waals surface area contributed by atoms with E-state index in [0.29, 0.717) is 5.56 Å². The van der Waals surface area contributed by atoms with Gasteiger partial charge in [-0.2, -0.15) is 5.10 Å². The molecule has 1 aromatic carbocycles. The number of nitrogens with zero attached hydrogens (tertiary/aromatic N) is 1. The number of thiocarbonyl (C=S) groups is 1. The minimum Gasteiger partial charge on any atom is -0.389 e. The minimum atomic E-state index is -0.682. The highest BCUT2D eigenvalue weighted by Gasteiger charge is 2.16. The van der Waals surface area contributed by atoms with Crippen molar-refractivity contribution in [2.75, 3.05) is 5.32 Å². The van der Waals surface area contributed by atoms with Crippen LogP contribution in [0.3, 0.4) is 0 Å². The minimum absolute atomic E-state index is 0.0654. The normalized spacial score (nSPS) is 10.2. The summed E-state index contributed by atoms with van der Waals surface area (Å²) >= 11 is 10.5. The lowest BCUT2D eigenvalue weighted by Gasteiger charge is -2.06. The molecule has 1 amide bonds. The first kappa shape index (κ1) is 13.4. The molecule has 0 saturated heterocycles. The number of hydrogen-bond donors (Lipinski definition) is 3. The first-order valence-electron chi connectivity index (χ1n) is 5.08. The summed E-state index contributed by atoms with van der Waals surface area (Å²) in [5, 5.41) is 8.91. The maximum Gasteiger partial charge on any atom is 0.259 e. The molecule has 1 aromatic heterocycles. The fraction of sp³-hybridized carbons (Fsp3) is 0. The van der Waals surface area contributed by atoms with Gasteiger partial charge < -0.3 is 11.1 Å². The average molecular weight is 299 g/mol. The summed E-state index contributed by atoms with van der Waals surface area (Å²) in [5.74, 6) is -1.16. The van der Waals surface area contributed by atoms with Crippen molar-refractivity contribution < 1.29 is 9.18 Å². The second-order valence-electron chi connectivity index (χ2n) is 3.60. The lowest BCUT2D eigenvalue weighted by molar-refractivity contribution is 0.102. The van der Waals surface area contributed by atoms with E-state index in [4.69, 9.17) is 29.6 Å². The summed E-state index contributed by atoms with van der Waals surface area (Å²) in [4.78, 5) is 12.0. The van der Waals surface area contributed by atoms with Crippen molar-refractivity contribution in [2.45, 2.75) is 0 Å². The van der Waals surface area contributed by atoms with Crippen LogP contribution in [-0.2, 0) is 0 Å². The largest absolute Gasteiger partial charge is 0.389 e. The van der Waals surface area contributed by atoms with Gasteiger partial charge in [-0.25, -0.2) is 4.39 Å². The van der Waals surface area contributed by atoms with Crippen LogP contribution in [0.25, 0.3) is 0 Å². The zero-order valence-electron chi connectivity index (χ0n) is 9.41. The zero-order valence-corrected chi connectivity index (χ0v) is 11.0. The second kappa shape index (κ2) is 5.33. The summed E-state index contributed by atoms with van der Waals surface area (Å²) in [6.07, 6.45) is 1.37. The third-order valence-electron chi connectivity index (χ3n) is 2.32. The van der Waals surface area contributed by atoms with Gasteiger partial charge in [-0.1, -0.05) is 23.8 Å². The fourth-order valence-electron chi connectivity index (χ4n) is 1.42. The molecule has 0 aliphatic carbocycles. The van der Waals surface area contributed by atoms with Gasteiger partial charge in [-0.05, 0) is 18.2 Å². The number of benzene rings is 1. The summed E-state index contributed by atoms with van der Waals surface area (Å²) in [6, 6.07) is 3.69. The Balaban J connectivity index is 2.28. The van der Waals surface area contributed by atoms with Gasteiger partial charge in [-0.3, -0.25) is 9.89 Å². The van der Waals surface area contributed by atoms with Gasteiger partial charge in [0.2, 0.25) is 0 Å². The average Bonchev–Trinajstić information content (AvgIpc) is 2.80. The Kier molecular flexibility index (Phi) is 3.77. The molecular formula is C11H8ClFN4OS. The predicted octanol–water partition coefficient (Wildman–Crippen LogP) is 2.09. The molecule has 0 aliphatic heterocycles. The molecule has 0 saturated carbocycles. The molecule has 8 heteroatoms. The van der Waals surface area contributed by atoms with Crippen molar-refractivity contribution in [3.05, 3.63) is 46.4 Å². The summed E-state index contributed by atoms with van der Waals surface area (Å²) in [6.45, 7) is 0. The van der Waals surface area contributed by atoms with Crippen LogP contribution < -0.4 is 11.1 Å². The van der Waals surface area contributed by atoms with Crippen LogP contribution in [0, 0.1) is 5.82 Å². The van der Waals surface area contributed by atoms with Crippen LogP contribution in [0.1, 0.15) is 15.9 Å². The lowest BCUT2D eigenvalue weighted by atomic mass is 10.2. The number of aromatic amines is 1. The molecule has 98 valence electrons. The van der Waals surface area contributed by atoms with Crippen molar-refractivity contribution in [1.82, 2.24) is 10.2 Å². The number of rotatable bonds is 3. The third-order valence-corrected chi connectivity index (χ3v) is 2.77. The molecule has 0 aliphatic rings. The highest BCUT2D eigenvalue weighted by atomic mass is 35.5. The molecule has 0 unspecified atom stereocenters. The van der Waals surface area contributed by atoms with E-state index in [-0.39, 0.29) is 21.4 Å². The van der Waals surface area contributed by atoms with E-state index in [1.54, 1.807) is 0 Å². The highest BCUT2D eigenvalue weighted by molar-refractivity contribution is 7.80. The van der Waals surface area contributed by atoms with Crippen molar-refractivity contribution in [3.8, 4) is 0 Å². The maximum atomic E-state index is 13.5. The van der Waals surface area contributed by atoms with Crippen molar-refractivity contribution >= 4 is 40.5 Å². The fourth-order valence-corrected chi connectivity index (χ4v) is 1.75. The van der Waals surface area contributed by atoms with E-state index in [1.165, 1.54) is 18.3 Å². The van der Waals surface area contributed by atoms with Crippen molar-refractivity contribution in [3.63, 3.8) is 0 Å². The Morgan fingerprint density at radius 2 is 2.21 bits per heavy atom. The third kappa shape index (κ3) is 2.88. The van der Waals surface area contributed by atoms with Gasteiger partial charge in [-0.15, -0.1) is 0 Å². The van der Waals surface area contributed by atoms with E-state index in [1.807, 2.05) is 0 Å². The number of aromatic nitrogens is 2. The van der Waals surface area contributed by atoms with Crippen LogP contribution in [0.4, 0.5) is 10.2 Å². The van der Waals surface area contributed by atoms with Crippen molar-refractivity contribution in [1.29, 1.82) is 0 Å². The standard InChI is InChI=1S/C11H8ClFN4OS/c12-5-1-2-8(13)6(3-5)11(18)16-10-7(9(14)19)4-15-17-10/h1-4H,(H2,14,19)(H2,15,16,17,18). The molecule has 0 fully saturated rings. The molecule has 0 spiro atoms. The van der Waals surface area contributed by atoms with Gasteiger partial charge in [0.25, 0.3) is 5.91 Å². The van der Waals surface area contributed by atoms with Gasteiger partial charge in [0, 0.05) is 5.02 Å². The molecule has 4 N–H and O–H groups in total. The molecule has 5 nitrogen and oxygen atoms in total. The first-order chi connectivity index (χ1) is 8.99. The molecule has 1 heterocycles. The van der Waals surface area contributed by atoms with Gasteiger partial charge >= 0.3 is 0 Å². The maximum absolute atomic E-state index is 13.5. The van der Waals surface area contributed by atoms with E-state index < -0.39 is 11.7 Å². The number of hydrogen-bond acceptors (Lipinski definition) is 3. The van der Waals surface area contributed by atoms with E-state index in [0.717, 1.165) is 6.07 Å². The van der Waals surface area contributed by atoms with Crippen LogP contribution in [0.5, 0.6) is 0 Å². The van der Waals surface area contributed by atoms with Gasteiger partial charge in [0.1, 0.15) is 16.6 Å². The zero-order chi connectivity index (χ0) is 14.0. The number of anilines is 1. The van der Waals surface area contributed by atoms with E-state index >= 15 is 0 Å². The Bertz CT molecular complexity index is 658. The Morgan fingerprint density at radius 1 is 1.47 bits per heavy atom. The highest BCUT2D eigenvalue weighted by Crippen LogP contribution is 2.17. The number of nitrogens with two attached hydrogens (primary N) is 1. The smallest absolute Gasteiger partial charge is 0.259 e. The molecule has 0 radical (unpaired) electrons. The summed E-state index contributed by atoms with van der Waals surface area (Å²) in [5.41, 5.74) is 5.63. The van der Waals surface area contributed by atoms with E-state index in [2.05, 4.69) is 15.5 Å². The van der Waals surface area contributed by atoms with E-state index in [9.17, 15) is 9.18 Å². The van der Waals surface area contributed by atoms with Crippen molar-refractivity contribution in [2.24, 2.45) is 5.73 Å². The molecule has 2 aromatic rings. The lowest BCUT2D eigenvalue weighted by Crippen LogP contribution is -2.18. The number of nitrogens with one attached hydrogen (secondary N) is 2. The second-order valence-corrected chi connectivity index (χ2v) is 4.48. The Hall–Kier alpha value is -1.99. The Labute approximate surface area is 117 Å². The van der Waals surface area contributed by atoms with Crippen LogP contribution in [-0.4, -0.2) is 21.1 Å². The number of halogens is 2. The SMILES string of the molecule is NC(=S)c1cn[nH]c1NC(=O)c1cc(Cl)ccc1F. The monoisotopic (exact) mass is 298 g/mol.